The quantitative estimate of drug-likeness (QED) is 0.727. The molecule has 0 spiro atoms. The highest BCUT2D eigenvalue weighted by Crippen LogP contribution is 2.28. The van der Waals surface area contributed by atoms with Crippen LogP contribution in [0.5, 0.6) is 11.8 Å². The van der Waals surface area contributed by atoms with E-state index in [4.69, 9.17) is 4.74 Å². The highest BCUT2D eigenvalue weighted by Gasteiger charge is 2.05. The second kappa shape index (κ2) is 5.05. The summed E-state index contributed by atoms with van der Waals surface area (Å²) in [4.78, 5) is 7.96. The van der Waals surface area contributed by atoms with Gasteiger partial charge in [0.25, 0.3) is 0 Å². The topological polar surface area (TPSA) is 35.0 Å². The summed E-state index contributed by atoms with van der Waals surface area (Å²) in [6, 6.07) is 4.38. The fourth-order valence-electron chi connectivity index (χ4n) is 1.01. The van der Waals surface area contributed by atoms with Gasteiger partial charge in [-0.05, 0) is 56.7 Å². The molecule has 0 saturated heterocycles. The molecule has 1 aromatic heterocycles. The van der Waals surface area contributed by atoms with Gasteiger partial charge in [0.15, 0.2) is 0 Å². The van der Waals surface area contributed by atoms with Crippen LogP contribution in [0.15, 0.2) is 35.1 Å². The second-order valence-corrected chi connectivity index (χ2v) is 4.96. The summed E-state index contributed by atoms with van der Waals surface area (Å²) in [5, 5.41) is 0. The molecule has 82 valence electrons. The van der Waals surface area contributed by atoms with Crippen molar-refractivity contribution < 1.29 is 9.13 Å². The van der Waals surface area contributed by atoms with Gasteiger partial charge in [-0.3, -0.25) is 0 Å². The fraction of sp³-hybridized carbons (Fsp3) is 0. The van der Waals surface area contributed by atoms with E-state index >= 15 is 0 Å². The van der Waals surface area contributed by atoms with Crippen LogP contribution in [0.3, 0.4) is 0 Å². The summed E-state index contributed by atoms with van der Waals surface area (Å²) in [5.41, 5.74) is 0. The Kier molecular flexibility index (Phi) is 3.70. The summed E-state index contributed by atoms with van der Waals surface area (Å²) >= 11 is 5.30. The third-order valence-corrected chi connectivity index (χ3v) is 2.87. The molecule has 16 heavy (non-hydrogen) atoms. The van der Waals surface area contributed by atoms with E-state index in [0.29, 0.717) is 10.2 Å². The van der Waals surface area contributed by atoms with Gasteiger partial charge in [-0.1, -0.05) is 0 Å². The minimum Gasteiger partial charge on any atom is -0.423 e. The van der Waals surface area contributed by atoms with E-state index in [1.807, 2.05) is 0 Å². The Morgan fingerprint density at radius 2 is 1.94 bits per heavy atom. The van der Waals surface area contributed by atoms with E-state index in [0.717, 1.165) is 3.57 Å². The number of benzene rings is 1. The minimum absolute atomic E-state index is 0.229. The van der Waals surface area contributed by atoms with Crippen molar-refractivity contribution in [3.8, 4) is 11.8 Å². The SMILES string of the molecule is Fc1ccc(Oc2ncc(I)cn2)c(Br)c1. The molecule has 0 saturated carbocycles. The lowest BCUT2D eigenvalue weighted by Gasteiger charge is -2.05. The average molecular weight is 395 g/mol. The first kappa shape index (κ1) is 11.7. The van der Waals surface area contributed by atoms with E-state index in [1.54, 1.807) is 12.4 Å². The van der Waals surface area contributed by atoms with E-state index in [1.165, 1.54) is 18.2 Å². The molecule has 0 fully saturated rings. The second-order valence-electron chi connectivity index (χ2n) is 2.86. The van der Waals surface area contributed by atoms with Crippen molar-refractivity contribution in [3.63, 3.8) is 0 Å². The van der Waals surface area contributed by atoms with Crippen LogP contribution in [0.2, 0.25) is 0 Å². The number of rotatable bonds is 2. The van der Waals surface area contributed by atoms with Crippen molar-refractivity contribution >= 4 is 38.5 Å². The van der Waals surface area contributed by atoms with Crippen LogP contribution in [-0.2, 0) is 0 Å². The molecule has 0 aliphatic carbocycles. The molecular weight excluding hydrogens is 390 g/mol. The number of halogens is 3. The third kappa shape index (κ3) is 2.88. The van der Waals surface area contributed by atoms with Gasteiger partial charge >= 0.3 is 6.01 Å². The van der Waals surface area contributed by atoms with Gasteiger partial charge < -0.3 is 4.74 Å². The first-order chi connectivity index (χ1) is 7.65. The van der Waals surface area contributed by atoms with Crippen LogP contribution >= 0.6 is 38.5 Å². The molecule has 0 atom stereocenters. The smallest absolute Gasteiger partial charge is 0.321 e. The first-order valence-corrected chi connectivity index (χ1v) is 6.13. The van der Waals surface area contributed by atoms with Crippen LogP contribution in [0.4, 0.5) is 4.39 Å². The molecule has 0 bridgehead atoms. The van der Waals surface area contributed by atoms with Crippen molar-refractivity contribution in [1.29, 1.82) is 0 Å². The zero-order chi connectivity index (χ0) is 11.5. The van der Waals surface area contributed by atoms with Crippen LogP contribution < -0.4 is 4.74 Å². The molecule has 0 amide bonds. The number of aromatic nitrogens is 2. The Morgan fingerprint density at radius 3 is 2.56 bits per heavy atom. The Bertz CT molecular complexity index is 507. The Balaban J connectivity index is 2.23. The average Bonchev–Trinajstić information content (AvgIpc) is 2.25. The summed E-state index contributed by atoms with van der Waals surface area (Å²) < 4.78 is 19.6. The molecule has 6 heteroatoms. The van der Waals surface area contributed by atoms with Crippen LogP contribution in [0, 0.1) is 9.39 Å². The molecular formula is C10H5BrFIN2O. The predicted octanol–water partition coefficient (Wildman–Crippen LogP) is 3.78. The Hall–Kier alpha value is -0.760. The fourth-order valence-corrected chi connectivity index (χ4v) is 1.72. The maximum atomic E-state index is 12.8. The zero-order valence-corrected chi connectivity index (χ0v) is 11.6. The number of hydrogen-bond donors (Lipinski definition) is 0. The lowest BCUT2D eigenvalue weighted by Crippen LogP contribution is -1.92. The van der Waals surface area contributed by atoms with Gasteiger partial charge in [-0.2, -0.15) is 0 Å². The molecule has 1 aromatic carbocycles. The lowest BCUT2D eigenvalue weighted by atomic mass is 10.3. The van der Waals surface area contributed by atoms with Gasteiger partial charge in [-0.15, -0.1) is 0 Å². The van der Waals surface area contributed by atoms with E-state index in [9.17, 15) is 4.39 Å². The zero-order valence-electron chi connectivity index (χ0n) is 7.82. The Morgan fingerprint density at radius 1 is 1.25 bits per heavy atom. The normalized spacial score (nSPS) is 10.2. The van der Waals surface area contributed by atoms with E-state index in [-0.39, 0.29) is 11.8 Å². The Labute approximate surface area is 113 Å². The van der Waals surface area contributed by atoms with Gasteiger partial charge in [-0.25, -0.2) is 14.4 Å². The van der Waals surface area contributed by atoms with Crippen molar-refractivity contribution in [2.24, 2.45) is 0 Å². The van der Waals surface area contributed by atoms with Crippen LogP contribution in [0.25, 0.3) is 0 Å². The third-order valence-electron chi connectivity index (χ3n) is 1.69. The maximum Gasteiger partial charge on any atom is 0.321 e. The molecule has 1 heterocycles. The standard InChI is InChI=1S/C10H5BrFIN2O/c11-8-3-6(12)1-2-9(8)16-10-14-4-7(13)5-15-10/h1-5H. The van der Waals surface area contributed by atoms with Crippen molar-refractivity contribution in [1.82, 2.24) is 9.97 Å². The lowest BCUT2D eigenvalue weighted by molar-refractivity contribution is 0.437. The van der Waals surface area contributed by atoms with Crippen LogP contribution in [0.1, 0.15) is 0 Å². The molecule has 0 unspecified atom stereocenters. The largest absolute Gasteiger partial charge is 0.423 e. The summed E-state index contributed by atoms with van der Waals surface area (Å²) in [5.74, 6) is 0.144. The van der Waals surface area contributed by atoms with Gasteiger partial charge in [0.2, 0.25) is 0 Å². The summed E-state index contributed by atoms with van der Waals surface area (Å²) in [6.45, 7) is 0. The van der Waals surface area contributed by atoms with Crippen molar-refractivity contribution in [3.05, 3.63) is 44.5 Å². The molecule has 0 aliphatic heterocycles. The van der Waals surface area contributed by atoms with Gasteiger partial charge in [0.1, 0.15) is 11.6 Å². The van der Waals surface area contributed by atoms with Gasteiger partial charge in [0, 0.05) is 16.0 Å². The van der Waals surface area contributed by atoms with Crippen molar-refractivity contribution in [2.75, 3.05) is 0 Å². The highest BCUT2D eigenvalue weighted by atomic mass is 127. The number of hydrogen-bond acceptors (Lipinski definition) is 3. The number of ether oxygens (including phenoxy) is 1. The first-order valence-electron chi connectivity index (χ1n) is 4.25. The minimum atomic E-state index is -0.331. The molecule has 0 radical (unpaired) electrons. The van der Waals surface area contributed by atoms with E-state index in [2.05, 4.69) is 48.5 Å². The monoisotopic (exact) mass is 394 g/mol. The van der Waals surface area contributed by atoms with Crippen LogP contribution in [-0.4, -0.2) is 9.97 Å². The molecule has 0 N–H and O–H groups in total. The summed E-state index contributed by atoms with van der Waals surface area (Å²) in [7, 11) is 0. The maximum absolute atomic E-state index is 12.8. The van der Waals surface area contributed by atoms with Crippen molar-refractivity contribution in [2.45, 2.75) is 0 Å². The molecule has 3 nitrogen and oxygen atoms in total. The van der Waals surface area contributed by atoms with E-state index < -0.39 is 0 Å². The molecule has 2 rings (SSSR count). The highest BCUT2D eigenvalue weighted by molar-refractivity contribution is 14.1. The van der Waals surface area contributed by atoms with Gasteiger partial charge in [0.05, 0.1) is 4.47 Å². The predicted molar refractivity (Wildman–Crippen MR) is 68.9 cm³/mol. The number of nitrogens with zero attached hydrogens (tertiary/aromatic N) is 2. The molecule has 0 aliphatic rings. The molecule has 2 aromatic rings. The summed E-state index contributed by atoms with van der Waals surface area (Å²) in [6.07, 6.45) is 3.28.